The van der Waals surface area contributed by atoms with E-state index in [-0.39, 0.29) is 5.78 Å². The molecule has 1 N–H and O–H groups in total. The van der Waals surface area contributed by atoms with Crippen molar-refractivity contribution in [2.45, 2.75) is 20.3 Å². The van der Waals surface area contributed by atoms with Gasteiger partial charge in [-0.1, -0.05) is 12.1 Å². The molecule has 0 saturated carbocycles. The average Bonchev–Trinajstić information content (AvgIpc) is 2.49. The van der Waals surface area contributed by atoms with Crippen molar-refractivity contribution in [2.75, 3.05) is 0 Å². The molecule has 0 radical (unpaired) electrons. The molecular weight excluding hydrogens is 174 g/mol. The Kier molecular flexibility index (Phi) is 2.12. The molecule has 1 heterocycles. The summed E-state index contributed by atoms with van der Waals surface area (Å²) in [5.41, 5.74) is 3.44. The lowest BCUT2D eigenvalue weighted by atomic mass is 10.0. The first-order valence-corrected chi connectivity index (χ1v) is 4.73. The van der Waals surface area contributed by atoms with Gasteiger partial charge in [0.2, 0.25) is 0 Å². The van der Waals surface area contributed by atoms with Crippen LogP contribution in [0.15, 0.2) is 24.4 Å². The molecule has 0 aliphatic carbocycles. The quantitative estimate of drug-likeness (QED) is 0.770. The molecule has 0 fully saturated rings. The predicted molar refractivity (Wildman–Crippen MR) is 57.4 cm³/mol. The number of ketones is 1. The number of hydrogen-bond donors (Lipinski definition) is 1. The molecule has 1 aromatic heterocycles. The van der Waals surface area contributed by atoms with Crippen molar-refractivity contribution < 1.29 is 4.79 Å². The first-order valence-electron chi connectivity index (χ1n) is 4.73. The Morgan fingerprint density at radius 3 is 2.93 bits per heavy atom. The zero-order chi connectivity index (χ0) is 10.1. The molecule has 0 unspecified atom stereocenters. The molecule has 14 heavy (non-hydrogen) atoms. The molecule has 2 rings (SSSR count). The summed E-state index contributed by atoms with van der Waals surface area (Å²) < 4.78 is 0. The molecule has 72 valence electrons. The van der Waals surface area contributed by atoms with Crippen molar-refractivity contribution >= 4 is 16.7 Å². The number of Topliss-reactive ketones (excluding diaryl/α,β-unsaturated/α-hetero) is 1. The lowest BCUT2D eigenvalue weighted by Crippen LogP contribution is -1.95. The Labute approximate surface area is 82.9 Å². The number of fused-ring (bicyclic) bond motifs is 1. The molecule has 2 heteroatoms. The van der Waals surface area contributed by atoms with Crippen LogP contribution in [0.1, 0.15) is 18.1 Å². The predicted octanol–water partition coefficient (Wildman–Crippen LogP) is 2.61. The summed E-state index contributed by atoms with van der Waals surface area (Å²) in [5, 5.41) is 1.20. The summed E-state index contributed by atoms with van der Waals surface area (Å²) in [6, 6.07) is 6.12. The van der Waals surface area contributed by atoms with Crippen LogP contribution in [0.25, 0.3) is 10.9 Å². The van der Waals surface area contributed by atoms with Crippen molar-refractivity contribution in [1.29, 1.82) is 0 Å². The number of aromatic nitrogens is 1. The van der Waals surface area contributed by atoms with E-state index in [0.29, 0.717) is 6.42 Å². The minimum absolute atomic E-state index is 0.203. The Balaban J connectivity index is 2.61. The van der Waals surface area contributed by atoms with E-state index in [2.05, 4.69) is 18.0 Å². The van der Waals surface area contributed by atoms with Gasteiger partial charge in [-0.05, 0) is 31.0 Å². The minimum Gasteiger partial charge on any atom is -0.361 e. The standard InChI is InChI=1S/C12H13NO/c1-8-4-3-5-11-12(8)10(7-13-11)6-9(2)14/h3-5,7,13H,6H2,1-2H3. The van der Waals surface area contributed by atoms with Crippen molar-refractivity contribution in [3.8, 4) is 0 Å². The molecule has 0 amide bonds. The van der Waals surface area contributed by atoms with E-state index in [9.17, 15) is 4.79 Å². The van der Waals surface area contributed by atoms with Crippen LogP contribution in [-0.4, -0.2) is 10.8 Å². The van der Waals surface area contributed by atoms with Crippen LogP contribution in [0.4, 0.5) is 0 Å². The fraction of sp³-hybridized carbons (Fsp3) is 0.250. The third kappa shape index (κ3) is 1.43. The second kappa shape index (κ2) is 3.29. The SMILES string of the molecule is CC(=O)Cc1c[nH]c2cccc(C)c12. The highest BCUT2D eigenvalue weighted by molar-refractivity contribution is 5.90. The van der Waals surface area contributed by atoms with Gasteiger partial charge in [-0.25, -0.2) is 0 Å². The largest absolute Gasteiger partial charge is 0.361 e. The molecule has 0 saturated heterocycles. The Bertz CT molecular complexity index is 482. The third-order valence-corrected chi connectivity index (χ3v) is 2.44. The average molecular weight is 187 g/mol. The molecule has 0 aliphatic rings. The van der Waals surface area contributed by atoms with Crippen molar-refractivity contribution in [3.05, 3.63) is 35.5 Å². The van der Waals surface area contributed by atoms with Gasteiger partial charge in [0.05, 0.1) is 0 Å². The zero-order valence-electron chi connectivity index (χ0n) is 8.42. The highest BCUT2D eigenvalue weighted by Crippen LogP contribution is 2.22. The number of aromatic amines is 1. The third-order valence-electron chi connectivity index (χ3n) is 2.44. The van der Waals surface area contributed by atoms with E-state index in [4.69, 9.17) is 0 Å². The molecule has 1 aromatic carbocycles. The molecule has 0 spiro atoms. The normalized spacial score (nSPS) is 10.7. The maximum atomic E-state index is 11.1. The van der Waals surface area contributed by atoms with Gasteiger partial charge in [0.25, 0.3) is 0 Å². The van der Waals surface area contributed by atoms with Crippen LogP contribution in [0.2, 0.25) is 0 Å². The lowest BCUT2D eigenvalue weighted by molar-refractivity contribution is -0.116. The van der Waals surface area contributed by atoms with Crippen molar-refractivity contribution in [3.63, 3.8) is 0 Å². The van der Waals surface area contributed by atoms with Gasteiger partial charge in [0, 0.05) is 23.5 Å². The van der Waals surface area contributed by atoms with E-state index < -0.39 is 0 Å². The Morgan fingerprint density at radius 2 is 2.21 bits per heavy atom. The van der Waals surface area contributed by atoms with Gasteiger partial charge in [0.15, 0.2) is 0 Å². The van der Waals surface area contributed by atoms with Crippen LogP contribution in [0.3, 0.4) is 0 Å². The summed E-state index contributed by atoms with van der Waals surface area (Å²) >= 11 is 0. The molecular formula is C12H13NO. The van der Waals surface area contributed by atoms with E-state index >= 15 is 0 Å². The van der Waals surface area contributed by atoms with E-state index in [0.717, 1.165) is 11.1 Å². The van der Waals surface area contributed by atoms with Gasteiger partial charge in [-0.15, -0.1) is 0 Å². The first kappa shape index (κ1) is 9.00. The second-order valence-electron chi connectivity index (χ2n) is 3.69. The summed E-state index contributed by atoms with van der Waals surface area (Å²) in [6.07, 6.45) is 2.45. The number of rotatable bonds is 2. The summed E-state index contributed by atoms with van der Waals surface area (Å²) in [4.78, 5) is 14.2. The summed E-state index contributed by atoms with van der Waals surface area (Å²) in [6.45, 7) is 3.69. The summed E-state index contributed by atoms with van der Waals surface area (Å²) in [5.74, 6) is 0.203. The van der Waals surface area contributed by atoms with Crippen molar-refractivity contribution in [1.82, 2.24) is 4.98 Å². The highest BCUT2D eigenvalue weighted by atomic mass is 16.1. The van der Waals surface area contributed by atoms with Crippen LogP contribution in [0, 0.1) is 6.92 Å². The van der Waals surface area contributed by atoms with Crippen LogP contribution >= 0.6 is 0 Å². The van der Waals surface area contributed by atoms with Crippen LogP contribution < -0.4 is 0 Å². The Hall–Kier alpha value is -1.57. The number of carbonyl (C=O) groups excluding carboxylic acids is 1. The molecule has 2 nitrogen and oxygen atoms in total. The Morgan fingerprint density at radius 1 is 1.43 bits per heavy atom. The molecule has 0 bridgehead atoms. The smallest absolute Gasteiger partial charge is 0.134 e. The van der Waals surface area contributed by atoms with Gasteiger partial charge in [0.1, 0.15) is 5.78 Å². The fourth-order valence-electron chi connectivity index (χ4n) is 1.86. The van der Waals surface area contributed by atoms with Gasteiger partial charge in [-0.3, -0.25) is 4.79 Å². The van der Waals surface area contributed by atoms with Gasteiger partial charge >= 0.3 is 0 Å². The number of carbonyl (C=O) groups is 1. The van der Waals surface area contributed by atoms with Gasteiger partial charge < -0.3 is 4.98 Å². The maximum Gasteiger partial charge on any atom is 0.134 e. The summed E-state index contributed by atoms with van der Waals surface area (Å²) in [7, 11) is 0. The fourth-order valence-corrected chi connectivity index (χ4v) is 1.86. The first-order chi connectivity index (χ1) is 6.68. The number of nitrogens with one attached hydrogen (secondary N) is 1. The van der Waals surface area contributed by atoms with Crippen LogP contribution in [0.5, 0.6) is 0 Å². The number of benzene rings is 1. The second-order valence-corrected chi connectivity index (χ2v) is 3.69. The number of hydrogen-bond acceptors (Lipinski definition) is 1. The van der Waals surface area contributed by atoms with E-state index in [1.807, 2.05) is 18.3 Å². The van der Waals surface area contributed by atoms with Crippen molar-refractivity contribution in [2.24, 2.45) is 0 Å². The highest BCUT2D eigenvalue weighted by Gasteiger charge is 2.07. The van der Waals surface area contributed by atoms with Crippen LogP contribution in [-0.2, 0) is 11.2 Å². The minimum atomic E-state index is 0.203. The molecule has 0 aliphatic heterocycles. The molecule has 2 aromatic rings. The zero-order valence-corrected chi connectivity index (χ0v) is 8.42. The maximum absolute atomic E-state index is 11.1. The van der Waals surface area contributed by atoms with E-state index in [1.54, 1.807) is 6.92 Å². The lowest BCUT2D eigenvalue weighted by Gasteiger charge is -1.99. The molecule has 0 atom stereocenters. The monoisotopic (exact) mass is 187 g/mol. The number of H-pyrrole nitrogens is 1. The van der Waals surface area contributed by atoms with E-state index in [1.165, 1.54) is 10.9 Å². The topological polar surface area (TPSA) is 32.9 Å². The number of aryl methyl sites for hydroxylation is 1. The van der Waals surface area contributed by atoms with Gasteiger partial charge in [-0.2, -0.15) is 0 Å².